The zero-order valence-electron chi connectivity index (χ0n) is 10.1. The third-order valence-electron chi connectivity index (χ3n) is 2.75. The molecule has 104 valence electrons. The minimum atomic E-state index is -2.92. The van der Waals surface area contributed by atoms with Crippen molar-refractivity contribution >= 4 is 27.5 Å². The van der Waals surface area contributed by atoms with Crippen molar-refractivity contribution < 1.29 is 23.0 Å². The molecule has 2 rings (SSSR count). The molecule has 0 radical (unpaired) electrons. The van der Waals surface area contributed by atoms with E-state index < -0.39 is 6.61 Å². The monoisotopic (exact) mass is 335 g/mol. The van der Waals surface area contributed by atoms with Crippen LogP contribution in [-0.4, -0.2) is 31.0 Å². The number of carbonyl (C=O) groups is 1. The Kier molecular flexibility index (Phi) is 4.24. The molecule has 1 aliphatic rings. The van der Waals surface area contributed by atoms with E-state index in [4.69, 9.17) is 4.74 Å². The van der Waals surface area contributed by atoms with Gasteiger partial charge in [0.25, 0.3) is 0 Å². The van der Waals surface area contributed by atoms with Crippen LogP contribution >= 0.6 is 15.9 Å². The second-order valence-electron chi connectivity index (χ2n) is 4.02. The van der Waals surface area contributed by atoms with E-state index >= 15 is 0 Å². The van der Waals surface area contributed by atoms with E-state index in [-0.39, 0.29) is 22.2 Å². The van der Waals surface area contributed by atoms with Gasteiger partial charge in [-0.1, -0.05) is 15.9 Å². The van der Waals surface area contributed by atoms with Crippen LogP contribution in [0.15, 0.2) is 18.2 Å². The maximum Gasteiger partial charge on any atom is 0.387 e. The number of carbonyl (C=O) groups excluding carboxylic acids is 1. The lowest BCUT2D eigenvalue weighted by Gasteiger charge is -2.18. The van der Waals surface area contributed by atoms with Crippen LogP contribution in [0.2, 0.25) is 0 Å². The van der Waals surface area contributed by atoms with Crippen LogP contribution < -0.4 is 14.4 Å². The van der Waals surface area contributed by atoms with Gasteiger partial charge in [-0.05, 0) is 12.1 Å². The first-order chi connectivity index (χ1) is 9.01. The van der Waals surface area contributed by atoms with E-state index in [1.54, 1.807) is 11.0 Å². The highest BCUT2D eigenvalue weighted by Gasteiger charge is 2.29. The summed E-state index contributed by atoms with van der Waals surface area (Å²) in [7, 11) is 1.36. The first-order valence-electron chi connectivity index (χ1n) is 5.58. The fraction of sp³-hybridized carbons (Fsp3) is 0.417. The molecule has 19 heavy (non-hydrogen) atoms. The third kappa shape index (κ3) is 3.15. The summed E-state index contributed by atoms with van der Waals surface area (Å²) < 4.78 is 33.7. The van der Waals surface area contributed by atoms with Crippen LogP contribution in [0, 0.1) is 0 Å². The van der Waals surface area contributed by atoms with E-state index in [2.05, 4.69) is 20.7 Å². The number of ether oxygens (including phenoxy) is 2. The van der Waals surface area contributed by atoms with Crippen molar-refractivity contribution in [2.75, 3.05) is 18.6 Å². The molecule has 1 aromatic rings. The Morgan fingerprint density at radius 1 is 1.42 bits per heavy atom. The molecule has 1 amide bonds. The lowest BCUT2D eigenvalue weighted by molar-refractivity contribution is -0.117. The first kappa shape index (κ1) is 14.0. The van der Waals surface area contributed by atoms with Crippen molar-refractivity contribution in [3.05, 3.63) is 18.2 Å². The topological polar surface area (TPSA) is 38.8 Å². The van der Waals surface area contributed by atoms with Crippen molar-refractivity contribution in [3.8, 4) is 11.5 Å². The van der Waals surface area contributed by atoms with Crippen molar-refractivity contribution in [3.63, 3.8) is 0 Å². The number of nitrogens with zero attached hydrogens (tertiary/aromatic N) is 1. The van der Waals surface area contributed by atoms with Crippen molar-refractivity contribution in [2.45, 2.75) is 17.9 Å². The SMILES string of the molecule is COc1cc(N2CC(Br)CC2=O)ccc1OC(F)F. The summed E-state index contributed by atoms with van der Waals surface area (Å²) in [5.41, 5.74) is 0.602. The number of methoxy groups -OCH3 is 1. The summed E-state index contributed by atoms with van der Waals surface area (Å²) in [6.45, 7) is -2.38. The van der Waals surface area contributed by atoms with Gasteiger partial charge in [0.05, 0.1) is 7.11 Å². The number of hydrogen-bond acceptors (Lipinski definition) is 3. The number of rotatable bonds is 4. The average molecular weight is 336 g/mol. The van der Waals surface area contributed by atoms with Gasteiger partial charge in [-0.2, -0.15) is 8.78 Å². The normalized spacial score (nSPS) is 19.1. The third-order valence-corrected chi connectivity index (χ3v) is 3.37. The standard InChI is InChI=1S/C12H12BrF2NO3/c1-18-10-5-8(2-3-9(10)19-12(14)15)16-6-7(13)4-11(16)17/h2-3,5,7,12H,4,6H2,1H3. The first-order valence-corrected chi connectivity index (χ1v) is 6.50. The van der Waals surface area contributed by atoms with Gasteiger partial charge in [0.2, 0.25) is 5.91 Å². The van der Waals surface area contributed by atoms with E-state index in [0.29, 0.717) is 18.7 Å². The predicted molar refractivity (Wildman–Crippen MR) is 69.3 cm³/mol. The molecule has 0 bridgehead atoms. The quantitative estimate of drug-likeness (QED) is 0.794. The van der Waals surface area contributed by atoms with Gasteiger partial charge in [-0.3, -0.25) is 4.79 Å². The zero-order chi connectivity index (χ0) is 14.0. The molecule has 1 atom stereocenters. The van der Waals surface area contributed by atoms with E-state index in [0.717, 1.165) is 0 Å². The molecule has 0 aliphatic carbocycles. The van der Waals surface area contributed by atoms with Crippen LogP contribution in [0.3, 0.4) is 0 Å². The molecule has 7 heteroatoms. The highest BCUT2D eigenvalue weighted by Crippen LogP contribution is 2.34. The van der Waals surface area contributed by atoms with Gasteiger partial charge in [0.15, 0.2) is 11.5 Å². The number of anilines is 1. The number of alkyl halides is 3. The molecule has 0 aromatic heterocycles. The Morgan fingerprint density at radius 3 is 2.68 bits per heavy atom. The van der Waals surface area contributed by atoms with Crippen LogP contribution in [-0.2, 0) is 4.79 Å². The predicted octanol–water partition coefficient (Wildman–Crippen LogP) is 2.80. The number of benzene rings is 1. The Morgan fingerprint density at radius 2 is 2.16 bits per heavy atom. The average Bonchev–Trinajstić information content (AvgIpc) is 2.68. The summed E-state index contributed by atoms with van der Waals surface area (Å²) >= 11 is 3.38. The lowest BCUT2D eigenvalue weighted by Crippen LogP contribution is -2.24. The zero-order valence-corrected chi connectivity index (χ0v) is 11.7. The number of hydrogen-bond donors (Lipinski definition) is 0. The second kappa shape index (κ2) is 5.73. The summed E-state index contributed by atoms with van der Waals surface area (Å²) in [6, 6.07) is 4.44. The van der Waals surface area contributed by atoms with Gasteiger partial charge in [-0.25, -0.2) is 0 Å². The number of halogens is 3. The van der Waals surface area contributed by atoms with Crippen LogP contribution in [0.25, 0.3) is 0 Å². The van der Waals surface area contributed by atoms with Crippen molar-refractivity contribution in [1.82, 2.24) is 0 Å². The largest absolute Gasteiger partial charge is 0.493 e. The second-order valence-corrected chi connectivity index (χ2v) is 5.31. The van der Waals surface area contributed by atoms with Gasteiger partial charge >= 0.3 is 6.61 Å². The minimum absolute atomic E-state index is 0.0218. The molecule has 1 aromatic carbocycles. The van der Waals surface area contributed by atoms with Gasteiger partial charge in [-0.15, -0.1) is 0 Å². The van der Waals surface area contributed by atoms with Gasteiger partial charge < -0.3 is 14.4 Å². The Labute approximate surface area is 117 Å². The van der Waals surface area contributed by atoms with Crippen molar-refractivity contribution in [2.24, 2.45) is 0 Å². The molecule has 1 heterocycles. The molecule has 4 nitrogen and oxygen atoms in total. The molecule has 0 spiro atoms. The molecule has 0 saturated carbocycles. The van der Waals surface area contributed by atoms with Crippen LogP contribution in [0.1, 0.15) is 6.42 Å². The molecule has 0 N–H and O–H groups in total. The Bertz CT molecular complexity index is 484. The summed E-state index contributed by atoms with van der Waals surface area (Å²) in [5, 5.41) is 0. The molecule has 1 saturated heterocycles. The summed E-state index contributed by atoms with van der Waals surface area (Å²) in [4.78, 5) is 13.4. The Hall–Kier alpha value is -1.37. The smallest absolute Gasteiger partial charge is 0.387 e. The Balaban J connectivity index is 2.26. The van der Waals surface area contributed by atoms with Crippen LogP contribution in [0.5, 0.6) is 11.5 Å². The summed E-state index contributed by atoms with van der Waals surface area (Å²) in [5.74, 6) is 0.0957. The molecule has 1 aliphatic heterocycles. The van der Waals surface area contributed by atoms with Crippen molar-refractivity contribution in [1.29, 1.82) is 0 Å². The van der Waals surface area contributed by atoms with E-state index in [1.807, 2.05) is 0 Å². The number of amides is 1. The maximum atomic E-state index is 12.2. The van der Waals surface area contributed by atoms with Gasteiger partial charge in [0.1, 0.15) is 0 Å². The van der Waals surface area contributed by atoms with E-state index in [1.165, 1.54) is 19.2 Å². The fourth-order valence-corrected chi connectivity index (χ4v) is 2.50. The summed E-state index contributed by atoms with van der Waals surface area (Å²) in [6.07, 6.45) is 0.414. The van der Waals surface area contributed by atoms with Gasteiger partial charge in [0, 0.05) is 29.5 Å². The van der Waals surface area contributed by atoms with Crippen LogP contribution in [0.4, 0.5) is 14.5 Å². The highest BCUT2D eigenvalue weighted by molar-refractivity contribution is 9.09. The molecule has 1 fully saturated rings. The van der Waals surface area contributed by atoms with E-state index in [9.17, 15) is 13.6 Å². The molecular formula is C12H12BrF2NO3. The fourth-order valence-electron chi connectivity index (χ4n) is 1.93. The highest BCUT2D eigenvalue weighted by atomic mass is 79.9. The lowest BCUT2D eigenvalue weighted by atomic mass is 10.2. The molecular weight excluding hydrogens is 324 g/mol. The minimum Gasteiger partial charge on any atom is -0.493 e. The maximum absolute atomic E-state index is 12.2. The molecule has 1 unspecified atom stereocenters.